The monoisotopic (exact) mass is 529 g/mol. The normalized spacial score (nSPS) is 11.6. The maximum atomic E-state index is 13.1. The smallest absolute Gasteiger partial charge is 0.330 e. The molecule has 3 amide bonds. The van der Waals surface area contributed by atoms with Gasteiger partial charge < -0.3 is 25.8 Å². The van der Waals surface area contributed by atoms with E-state index in [4.69, 9.17) is 4.74 Å². The number of aromatic hydroxyl groups is 1. The molecule has 0 aliphatic rings. The number of phenols is 1. The van der Waals surface area contributed by atoms with Gasteiger partial charge in [0.1, 0.15) is 11.8 Å². The molecule has 0 bridgehead atoms. The SMILES string of the molecule is COC(=O)C(CNC(=O)c1cccs1)NC(=O)c1sc(C(=O)NCc2cccc(O)c2)cc1C(C)C. The third kappa shape index (κ3) is 6.92. The topological polar surface area (TPSA) is 134 Å². The molecule has 1 atom stereocenters. The summed E-state index contributed by atoms with van der Waals surface area (Å²) >= 11 is 2.27. The fourth-order valence-corrected chi connectivity index (χ4v) is 5.08. The number of amides is 3. The second-order valence-corrected chi connectivity index (χ2v) is 10.1. The number of rotatable bonds is 10. The summed E-state index contributed by atoms with van der Waals surface area (Å²) in [6.45, 7) is 3.84. The molecule has 0 saturated heterocycles. The van der Waals surface area contributed by atoms with Crippen molar-refractivity contribution in [2.45, 2.75) is 32.4 Å². The molecule has 36 heavy (non-hydrogen) atoms. The van der Waals surface area contributed by atoms with Crippen LogP contribution in [0.5, 0.6) is 5.75 Å². The summed E-state index contributed by atoms with van der Waals surface area (Å²) in [6, 6.07) is 10.5. The number of esters is 1. The third-order valence-electron chi connectivity index (χ3n) is 5.18. The lowest BCUT2D eigenvalue weighted by molar-refractivity contribution is -0.142. The van der Waals surface area contributed by atoms with Gasteiger partial charge in [0.2, 0.25) is 0 Å². The van der Waals surface area contributed by atoms with Crippen molar-refractivity contribution in [3.8, 4) is 5.75 Å². The third-order valence-corrected chi connectivity index (χ3v) is 7.20. The number of ether oxygens (including phenoxy) is 1. The molecule has 0 radical (unpaired) electrons. The molecule has 0 aliphatic heterocycles. The van der Waals surface area contributed by atoms with Crippen LogP contribution in [0.25, 0.3) is 0 Å². The minimum Gasteiger partial charge on any atom is -0.508 e. The largest absolute Gasteiger partial charge is 0.508 e. The number of phenolic OH excluding ortho intramolecular Hbond substituents is 1. The van der Waals surface area contributed by atoms with Crippen molar-refractivity contribution in [1.29, 1.82) is 0 Å². The van der Waals surface area contributed by atoms with Gasteiger partial charge in [-0.2, -0.15) is 0 Å². The Morgan fingerprint density at radius 1 is 0.972 bits per heavy atom. The highest BCUT2D eigenvalue weighted by atomic mass is 32.1. The maximum absolute atomic E-state index is 13.1. The van der Waals surface area contributed by atoms with Crippen LogP contribution in [0.1, 0.15) is 59.9 Å². The minimum absolute atomic E-state index is 0.0651. The highest BCUT2D eigenvalue weighted by Crippen LogP contribution is 2.29. The number of carbonyl (C=O) groups excluding carboxylic acids is 4. The molecule has 0 saturated carbocycles. The van der Waals surface area contributed by atoms with E-state index in [9.17, 15) is 24.3 Å². The van der Waals surface area contributed by atoms with E-state index in [2.05, 4.69) is 16.0 Å². The van der Waals surface area contributed by atoms with E-state index in [1.807, 2.05) is 13.8 Å². The van der Waals surface area contributed by atoms with E-state index in [1.54, 1.807) is 47.8 Å². The summed E-state index contributed by atoms with van der Waals surface area (Å²) in [7, 11) is 1.20. The Morgan fingerprint density at radius 2 is 1.72 bits per heavy atom. The number of benzene rings is 1. The quantitative estimate of drug-likeness (QED) is 0.298. The Labute approximate surface area is 216 Å². The molecular formula is C25H27N3O6S2. The van der Waals surface area contributed by atoms with Crippen molar-refractivity contribution in [1.82, 2.24) is 16.0 Å². The van der Waals surface area contributed by atoms with E-state index in [0.29, 0.717) is 20.2 Å². The van der Waals surface area contributed by atoms with Crippen LogP contribution in [-0.4, -0.2) is 48.5 Å². The van der Waals surface area contributed by atoms with Gasteiger partial charge in [0.05, 0.1) is 21.7 Å². The molecule has 4 N–H and O–H groups in total. The molecule has 0 fully saturated rings. The summed E-state index contributed by atoms with van der Waals surface area (Å²) in [4.78, 5) is 51.6. The van der Waals surface area contributed by atoms with Gasteiger partial charge in [-0.3, -0.25) is 14.4 Å². The van der Waals surface area contributed by atoms with E-state index < -0.39 is 17.9 Å². The second-order valence-electron chi connectivity index (χ2n) is 8.14. The first kappa shape index (κ1) is 26.9. The van der Waals surface area contributed by atoms with Crippen molar-refractivity contribution in [2.24, 2.45) is 0 Å². The van der Waals surface area contributed by atoms with E-state index in [1.165, 1.54) is 18.4 Å². The predicted octanol–water partition coefficient (Wildman–Crippen LogP) is 3.27. The molecule has 3 rings (SSSR count). The number of nitrogens with one attached hydrogen (secondary N) is 3. The molecule has 1 aromatic carbocycles. The Morgan fingerprint density at radius 3 is 2.36 bits per heavy atom. The van der Waals surface area contributed by atoms with Gasteiger partial charge in [-0.15, -0.1) is 22.7 Å². The zero-order chi connectivity index (χ0) is 26.2. The average Bonchev–Trinajstić information content (AvgIpc) is 3.55. The van der Waals surface area contributed by atoms with Crippen LogP contribution in [-0.2, 0) is 16.1 Å². The molecule has 2 heterocycles. The summed E-state index contributed by atoms with van der Waals surface area (Å²) < 4.78 is 4.79. The molecule has 3 aromatic rings. The van der Waals surface area contributed by atoms with E-state index in [-0.39, 0.29) is 36.6 Å². The van der Waals surface area contributed by atoms with Crippen molar-refractivity contribution < 1.29 is 29.0 Å². The van der Waals surface area contributed by atoms with Crippen molar-refractivity contribution in [3.05, 3.63) is 73.6 Å². The molecule has 190 valence electrons. The standard InChI is InChI=1S/C25H27N3O6S2/c1-14(2)17-11-20(23(31)26-12-15-6-4-7-16(29)10-15)36-21(17)24(32)28-18(25(33)34-3)13-27-22(30)19-8-5-9-35-19/h4-11,14,18,29H,12-13H2,1-3H3,(H,26,31)(H,27,30)(H,28,32). The van der Waals surface area contributed by atoms with Crippen LogP contribution >= 0.6 is 22.7 Å². The number of hydrogen-bond acceptors (Lipinski definition) is 8. The summed E-state index contributed by atoms with van der Waals surface area (Å²) in [5.74, 6) is -1.94. The van der Waals surface area contributed by atoms with Gasteiger partial charge in [-0.05, 0) is 46.7 Å². The number of thiophene rings is 2. The number of carbonyl (C=O) groups is 4. The van der Waals surface area contributed by atoms with Gasteiger partial charge in [-0.1, -0.05) is 32.0 Å². The molecule has 0 aliphatic carbocycles. The lowest BCUT2D eigenvalue weighted by Crippen LogP contribution is -2.48. The highest BCUT2D eigenvalue weighted by Gasteiger charge is 2.27. The first-order chi connectivity index (χ1) is 17.2. The Hall–Kier alpha value is -3.70. The van der Waals surface area contributed by atoms with Crippen LogP contribution in [0.2, 0.25) is 0 Å². The molecule has 1 unspecified atom stereocenters. The Bertz CT molecular complexity index is 1240. The molecule has 2 aromatic heterocycles. The first-order valence-electron chi connectivity index (χ1n) is 11.1. The highest BCUT2D eigenvalue weighted by molar-refractivity contribution is 7.16. The molecule has 9 nitrogen and oxygen atoms in total. The number of methoxy groups -OCH3 is 1. The zero-order valence-electron chi connectivity index (χ0n) is 20.0. The van der Waals surface area contributed by atoms with Crippen LogP contribution in [0.15, 0.2) is 47.8 Å². The predicted molar refractivity (Wildman–Crippen MR) is 138 cm³/mol. The van der Waals surface area contributed by atoms with E-state index in [0.717, 1.165) is 16.9 Å². The summed E-state index contributed by atoms with van der Waals surface area (Å²) in [5, 5.41) is 19.4. The van der Waals surface area contributed by atoms with Crippen molar-refractivity contribution in [2.75, 3.05) is 13.7 Å². The van der Waals surface area contributed by atoms with Crippen molar-refractivity contribution in [3.63, 3.8) is 0 Å². The van der Waals surface area contributed by atoms with Crippen LogP contribution < -0.4 is 16.0 Å². The van der Waals surface area contributed by atoms with Crippen LogP contribution in [0.4, 0.5) is 0 Å². The van der Waals surface area contributed by atoms with E-state index >= 15 is 0 Å². The zero-order valence-corrected chi connectivity index (χ0v) is 21.6. The lowest BCUT2D eigenvalue weighted by atomic mass is 10.0. The molecular weight excluding hydrogens is 502 g/mol. The van der Waals surface area contributed by atoms with Gasteiger partial charge in [0, 0.05) is 13.1 Å². The maximum Gasteiger partial charge on any atom is 0.330 e. The Kier molecular flexibility index (Phi) is 9.20. The van der Waals surface area contributed by atoms with Gasteiger partial charge in [0.25, 0.3) is 17.7 Å². The van der Waals surface area contributed by atoms with Crippen LogP contribution in [0.3, 0.4) is 0 Å². The van der Waals surface area contributed by atoms with Gasteiger partial charge in [-0.25, -0.2) is 4.79 Å². The minimum atomic E-state index is -1.11. The summed E-state index contributed by atoms with van der Waals surface area (Å²) in [5.41, 5.74) is 1.39. The molecule has 0 spiro atoms. The fourth-order valence-electron chi connectivity index (χ4n) is 3.31. The summed E-state index contributed by atoms with van der Waals surface area (Å²) in [6.07, 6.45) is 0. The van der Waals surface area contributed by atoms with Gasteiger partial charge in [0.15, 0.2) is 0 Å². The van der Waals surface area contributed by atoms with Crippen molar-refractivity contribution >= 4 is 46.4 Å². The average molecular weight is 530 g/mol. The number of hydrogen-bond donors (Lipinski definition) is 4. The first-order valence-corrected chi connectivity index (χ1v) is 12.8. The van der Waals surface area contributed by atoms with Gasteiger partial charge >= 0.3 is 5.97 Å². The Balaban J connectivity index is 1.71. The fraction of sp³-hybridized carbons (Fsp3) is 0.280. The lowest BCUT2D eigenvalue weighted by Gasteiger charge is -2.17. The van der Waals surface area contributed by atoms with Crippen LogP contribution in [0, 0.1) is 0 Å². The molecule has 11 heteroatoms. The second kappa shape index (κ2) is 12.3.